The molecule has 1 atom stereocenters. The van der Waals surface area contributed by atoms with Crippen LogP contribution in [0.5, 0.6) is 0 Å². The van der Waals surface area contributed by atoms with E-state index >= 15 is 0 Å². The highest BCUT2D eigenvalue weighted by Gasteiger charge is 2.19. The second-order valence-electron chi connectivity index (χ2n) is 6.78. The topological polar surface area (TPSA) is 102 Å². The van der Waals surface area contributed by atoms with E-state index in [2.05, 4.69) is 10.6 Å². The van der Waals surface area contributed by atoms with Gasteiger partial charge in [0.1, 0.15) is 6.04 Å². The molecule has 0 aliphatic carbocycles. The lowest BCUT2D eigenvalue weighted by atomic mass is 10.2. The maximum absolute atomic E-state index is 12.6. The van der Waals surface area contributed by atoms with Crippen LogP contribution in [-0.4, -0.2) is 30.3 Å². The van der Waals surface area contributed by atoms with Gasteiger partial charge in [-0.05, 0) is 24.6 Å². The third-order valence-electron chi connectivity index (χ3n) is 4.46. The van der Waals surface area contributed by atoms with Gasteiger partial charge >= 0.3 is 0 Å². The van der Waals surface area contributed by atoms with Crippen LogP contribution in [0.15, 0.2) is 60.7 Å². The molecule has 156 valence electrons. The van der Waals surface area contributed by atoms with E-state index in [1.807, 2.05) is 54.6 Å². The first-order valence-electron chi connectivity index (χ1n) is 9.84. The lowest BCUT2D eigenvalue weighted by Gasteiger charge is -2.22. The molecule has 2 aromatic rings. The lowest BCUT2D eigenvalue weighted by Crippen LogP contribution is -2.44. The fourth-order valence-electron chi connectivity index (χ4n) is 2.84. The van der Waals surface area contributed by atoms with E-state index in [-0.39, 0.29) is 43.5 Å². The Hall–Kier alpha value is -3.66. The summed E-state index contributed by atoms with van der Waals surface area (Å²) in [7, 11) is 0. The maximum Gasteiger partial charge on any atom is 0.242 e. The van der Waals surface area contributed by atoms with Gasteiger partial charge < -0.3 is 15.5 Å². The van der Waals surface area contributed by atoms with Crippen LogP contribution in [0.4, 0.5) is 5.69 Å². The molecule has 0 radical (unpaired) electrons. The Labute approximate surface area is 176 Å². The number of carbonyl (C=O) groups is 3. The number of amides is 3. The predicted molar refractivity (Wildman–Crippen MR) is 114 cm³/mol. The van der Waals surface area contributed by atoms with E-state index < -0.39 is 6.04 Å². The minimum atomic E-state index is -0.708. The molecule has 0 aromatic heterocycles. The van der Waals surface area contributed by atoms with Gasteiger partial charge in [-0.25, -0.2) is 0 Å². The lowest BCUT2D eigenvalue weighted by molar-refractivity contribution is -0.129. The van der Waals surface area contributed by atoms with Gasteiger partial charge in [-0.3, -0.25) is 14.4 Å². The molecule has 3 amide bonds. The Morgan fingerprint density at radius 2 is 1.63 bits per heavy atom. The van der Waals surface area contributed by atoms with Crippen molar-refractivity contribution in [1.82, 2.24) is 10.6 Å². The zero-order valence-electron chi connectivity index (χ0n) is 17.0. The molecule has 0 bridgehead atoms. The summed E-state index contributed by atoms with van der Waals surface area (Å²) in [5, 5.41) is 14.2. The van der Waals surface area contributed by atoms with Gasteiger partial charge in [-0.15, -0.1) is 0 Å². The van der Waals surface area contributed by atoms with Crippen LogP contribution in [0.2, 0.25) is 0 Å². The molecule has 0 saturated heterocycles. The van der Waals surface area contributed by atoms with Crippen molar-refractivity contribution >= 4 is 23.4 Å². The van der Waals surface area contributed by atoms with Crippen LogP contribution in [-0.2, 0) is 20.9 Å². The monoisotopic (exact) mass is 406 g/mol. The smallest absolute Gasteiger partial charge is 0.242 e. The molecule has 2 N–H and O–H groups in total. The Morgan fingerprint density at radius 3 is 2.27 bits per heavy atom. The van der Waals surface area contributed by atoms with Crippen molar-refractivity contribution in [3.63, 3.8) is 0 Å². The molecule has 1 unspecified atom stereocenters. The van der Waals surface area contributed by atoms with Crippen molar-refractivity contribution in [2.24, 2.45) is 0 Å². The van der Waals surface area contributed by atoms with Crippen molar-refractivity contribution in [1.29, 1.82) is 5.26 Å². The zero-order chi connectivity index (χ0) is 21.8. The molecular weight excluding hydrogens is 380 g/mol. The average molecular weight is 406 g/mol. The highest BCUT2D eigenvalue weighted by atomic mass is 16.2. The molecule has 30 heavy (non-hydrogen) atoms. The van der Waals surface area contributed by atoms with Crippen LogP contribution in [0.3, 0.4) is 0 Å². The molecule has 2 aromatic carbocycles. The number of para-hydroxylation sites is 1. The number of benzene rings is 2. The minimum absolute atomic E-state index is 0.00941. The van der Waals surface area contributed by atoms with Gasteiger partial charge in [-0.1, -0.05) is 48.5 Å². The molecule has 0 aliphatic rings. The first-order chi connectivity index (χ1) is 14.5. The van der Waals surface area contributed by atoms with E-state index in [1.165, 1.54) is 4.90 Å². The van der Waals surface area contributed by atoms with Gasteiger partial charge in [0, 0.05) is 31.6 Å². The number of nitrogens with zero attached hydrogens (tertiary/aromatic N) is 2. The summed E-state index contributed by atoms with van der Waals surface area (Å²) in [6.45, 7) is 2.24. The fraction of sp³-hybridized carbons (Fsp3) is 0.304. The zero-order valence-corrected chi connectivity index (χ0v) is 17.0. The van der Waals surface area contributed by atoms with Crippen molar-refractivity contribution in [2.45, 2.75) is 38.8 Å². The quantitative estimate of drug-likeness (QED) is 0.633. The van der Waals surface area contributed by atoms with E-state index in [9.17, 15) is 14.4 Å². The normalized spacial score (nSPS) is 11.1. The average Bonchev–Trinajstić information content (AvgIpc) is 2.77. The summed E-state index contributed by atoms with van der Waals surface area (Å²) in [4.78, 5) is 38.5. The maximum atomic E-state index is 12.6. The summed E-state index contributed by atoms with van der Waals surface area (Å²) >= 11 is 0. The number of nitriles is 1. The number of nitrogens with one attached hydrogen (secondary N) is 2. The van der Waals surface area contributed by atoms with Crippen LogP contribution in [0.1, 0.15) is 31.7 Å². The number of anilines is 1. The van der Waals surface area contributed by atoms with E-state index in [0.29, 0.717) is 12.2 Å². The standard InChI is InChI=1S/C23H26N4O3/c1-18(23(30)25-17-19-9-4-2-5-10-19)26-21(28)13-14-22(29)27(16-8-15-24)20-11-6-3-7-12-20/h2-7,9-12,18H,8,13-14,16-17H2,1H3,(H,25,30)(H,26,28). The Kier molecular flexibility index (Phi) is 9.07. The van der Waals surface area contributed by atoms with Crippen molar-refractivity contribution < 1.29 is 14.4 Å². The number of carbonyl (C=O) groups excluding carboxylic acids is 3. The summed E-state index contributed by atoms with van der Waals surface area (Å²) in [6, 6.07) is 19.8. The Bertz CT molecular complexity index is 878. The number of hydrogen-bond acceptors (Lipinski definition) is 4. The van der Waals surface area contributed by atoms with E-state index in [1.54, 1.807) is 19.1 Å². The van der Waals surface area contributed by atoms with E-state index in [4.69, 9.17) is 5.26 Å². The summed E-state index contributed by atoms with van der Waals surface area (Å²) in [6.07, 6.45) is 0.154. The fourth-order valence-corrected chi connectivity index (χ4v) is 2.84. The predicted octanol–water partition coefficient (Wildman–Crippen LogP) is 2.53. The number of rotatable bonds is 10. The molecule has 2 rings (SSSR count). The summed E-state index contributed by atoms with van der Waals surface area (Å²) < 4.78 is 0. The molecule has 0 heterocycles. The molecule has 0 fully saturated rings. The van der Waals surface area contributed by atoms with Crippen molar-refractivity contribution in [3.05, 3.63) is 66.2 Å². The first-order valence-corrected chi connectivity index (χ1v) is 9.84. The Morgan fingerprint density at radius 1 is 1.00 bits per heavy atom. The number of hydrogen-bond donors (Lipinski definition) is 2. The first kappa shape index (κ1) is 22.6. The van der Waals surface area contributed by atoms with Gasteiger partial charge in [0.2, 0.25) is 17.7 Å². The Balaban J connectivity index is 1.80. The molecule has 0 spiro atoms. The summed E-state index contributed by atoms with van der Waals surface area (Å²) in [5.74, 6) is -0.912. The minimum Gasteiger partial charge on any atom is -0.350 e. The van der Waals surface area contributed by atoms with Gasteiger partial charge in [-0.2, -0.15) is 5.26 Å². The van der Waals surface area contributed by atoms with Gasteiger partial charge in [0.25, 0.3) is 0 Å². The third-order valence-corrected chi connectivity index (χ3v) is 4.46. The van der Waals surface area contributed by atoms with E-state index in [0.717, 1.165) is 5.56 Å². The van der Waals surface area contributed by atoms with Gasteiger partial charge in [0.05, 0.1) is 12.5 Å². The molecule has 7 heteroatoms. The van der Waals surface area contributed by atoms with Crippen LogP contribution >= 0.6 is 0 Å². The van der Waals surface area contributed by atoms with Crippen molar-refractivity contribution in [2.75, 3.05) is 11.4 Å². The summed E-state index contributed by atoms with van der Waals surface area (Å²) in [5.41, 5.74) is 1.65. The second kappa shape index (κ2) is 12.0. The van der Waals surface area contributed by atoms with Crippen LogP contribution in [0.25, 0.3) is 0 Å². The SMILES string of the molecule is CC(NC(=O)CCC(=O)N(CCC#N)c1ccccc1)C(=O)NCc1ccccc1. The highest BCUT2D eigenvalue weighted by Crippen LogP contribution is 2.15. The van der Waals surface area contributed by atoms with Gasteiger partial charge in [0.15, 0.2) is 0 Å². The largest absolute Gasteiger partial charge is 0.350 e. The third kappa shape index (κ3) is 7.40. The second-order valence-corrected chi connectivity index (χ2v) is 6.78. The van der Waals surface area contributed by atoms with Crippen LogP contribution in [0, 0.1) is 11.3 Å². The molecule has 0 aliphatic heterocycles. The molecule has 7 nitrogen and oxygen atoms in total. The van der Waals surface area contributed by atoms with Crippen molar-refractivity contribution in [3.8, 4) is 6.07 Å². The van der Waals surface area contributed by atoms with Crippen LogP contribution < -0.4 is 15.5 Å². The highest BCUT2D eigenvalue weighted by molar-refractivity contribution is 5.96. The molecule has 0 saturated carbocycles. The molecular formula is C23H26N4O3.